The second kappa shape index (κ2) is 5.09. The Morgan fingerprint density at radius 2 is 2.16 bits per heavy atom. The number of benzene rings is 1. The van der Waals surface area contributed by atoms with Crippen molar-refractivity contribution in [2.24, 2.45) is 11.7 Å². The number of ether oxygens (including phenoxy) is 2. The molecule has 1 heterocycles. The summed E-state index contributed by atoms with van der Waals surface area (Å²) in [5.41, 5.74) is 6.76. The summed E-state index contributed by atoms with van der Waals surface area (Å²) in [6, 6.07) is 6.14. The zero-order valence-corrected chi connectivity index (χ0v) is 10.7. The average molecular weight is 262 g/mol. The molecule has 0 spiro atoms. The van der Waals surface area contributed by atoms with Crippen LogP contribution in [0.3, 0.4) is 0 Å². The summed E-state index contributed by atoms with van der Waals surface area (Å²) < 4.78 is 10.6. The molecule has 1 aromatic carbocycles. The maximum absolute atomic E-state index is 12.0. The summed E-state index contributed by atoms with van der Waals surface area (Å²) in [6.45, 7) is 0.619. The van der Waals surface area contributed by atoms with Gasteiger partial charge in [0.2, 0.25) is 12.7 Å². The van der Waals surface area contributed by atoms with Crippen molar-refractivity contribution < 1.29 is 14.3 Å². The van der Waals surface area contributed by atoms with Gasteiger partial charge in [-0.1, -0.05) is 6.07 Å². The molecule has 3 N–H and O–H groups in total. The minimum atomic E-state index is -0.180. The van der Waals surface area contributed by atoms with Gasteiger partial charge in [-0.3, -0.25) is 4.79 Å². The van der Waals surface area contributed by atoms with Crippen LogP contribution >= 0.6 is 0 Å². The van der Waals surface area contributed by atoms with Gasteiger partial charge in [0, 0.05) is 12.6 Å². The quantitative estimate of drug-likeness (QED) is 0.823. The number of nitrogens with two attached hydrogens (primary N) is 1. The van der Waals surface area contributed by atoms with Gasteiger partial charge in [0.05, 0.1) is 5.92 Å². The average Bonchev–Trinajstić information content (AvgIpc) is 3.10. The van der Waals surface area contributed by atoms with E-state index in [4.69, 9.17) is 15.2 Å². The molecule has 0 radical (unpaired) electrons. The summed E-state index contributed by atoms with van der Waals surface area (Å²) >= 11 is 0. The van der Waals surface area contributed by atoms with Crippen molar-refractivity contribution in [2.75, 3.05) is 13.3 Å². The molecule has 102 valence electrons. The van der Waals surface area contributed by atoms with Crippen LogP contribution < -0.4 is 20.5 Å². The second-order valence-corrected chi connectivity index (χ2v) is 5.11. The summed E-state index contributed by atoms with van der Waals surface area (Å²) in [5.74, 6) is 1.38. The topological polar surface area (TPSA) is 73.6 Å². The summed E-state index contributed by atoms with van der Waals surface area (Å²) in [7, 11) is 0. The molecule has 1 aliphatic heterocycles. The third-order valence-electron chi connectivity index (χ3n) is 3.50. The smallest absolute Gasteiger partial charge is 0.231 e. The Balaban J connectivity index is 1.66. The van der Waals surface area contributed by atoms with Gasteiger partial charge < -0.3 is 20.5 Å². The fourth-order valence-corrected chi connectivity index (χ4v) is 2.18. The van der Waals surface area contributed by atoms with Crippen molar-refractivity contribution in [3.05, 3.63) is 23.8 Å². The molecule has 0 aromatic heterocycles. The molecule has 5 nitrogen and oxygen atoms in total. The van der Waals surface area contributed by atoms with E-state index in [1.54, 1.807) is 0 Å². The fraction of sp³-hybridized carbons (Fsp3) is 0.500. The van der Waals surface area contributed by atoms with E-state index in [1.165, 1.54) is 0 Å². The molecule has 1 aromatic rings. The molecule has 0 bridgehead atoms. The van der Waals surface area contributed by atoms with Gasteiger partial charge in [0.25, 0.3) is 0 Å². The normalized spacial score (nSPS) is 18.2. The van der Waals surface area contributed by atoms with Gasteiger partial charge in [-0.2, -0.15) is 0 Å². The zero-order chi connectivity index (χ0) is 13.2. The van der Waals surface area contributed by atoms with Crippen LogP contribution in [0, 0.1) is 5.92 Å². The van der Waals surface area contributed by atoms with Gasteiger partial charge in [0.15, 0.2) is 11.5 Å². The summed E-state index contributed by atoms with van der Waals surface area (Å²) in [4.78, 5) is 12.0. The van der Waals surface area contributed by atoms with Crippen LogP contribution in [0.25, 0.3) is 0 Å². The van der Waals surface area contributed by atoms with Crippen LogP contribution in [0.2, 0.25) is 0 Å². The highest BCUT2D eigenvalue weighted by atomic mass is 16.7. The van der Waals surface area contributed by atoms with Crippen LogP contribution in [0.4, 0.5) is 0 Å². The molecule has 1 amide bonds. The van der Waals surface area contributed by atoms with Crippen molar-refractivity contribution in [1.29, 1.82) is 0 Å². The monoisotopic (exact) mass is 262 g/mol. The van der Waals surface area contributed by atoms with Crippen molar-refractivity contribution in [1.82, 2.24) is 5.32 Å². The van der Waals surface area contributed by atoms with Crippen LogP contribution in [-0.4, -0.2) is 25.3 Å². The first kappa shape index (κ1) is 12.3. The number of rotatable bonds is 5. The lowest BCUT2D eigenvalue weighted by atomic mass is 9.98. The zero-order valence-electron chi connectivity index (χ0n) is 10.7. The minimum Gasteiger partial charge on any atom is -0.454 e. The van der Waals surface area contributed by atoms with E-state index in [2.05, 4.69) is 5.32 Å². The Morgan fingerprint density at radius 3 is 2.89 bits per heavy atom. The fourth-order valence-electron chi connectivity index (χ4n) is 2.18. The van der Waals surface area contributed by atoms with E-state index in [1.807, 2.05) is 18.2 Å². The molecule has 0 saturated heterocycles. The third kappa shape index (κ3) is 2.81. The number of hydrogen-bond acceptors (Lipinski definition) is 4. The van der Waals surface area contributed by atoms with Crippen molar-refractivity contribution in [3.8, 4) is 11.5 Å². The summed E-state index contributed by atoms with van der Waals surface area (Å²) in [5, 5.41) is 3.00. The number of fused-ring (bicyclic) bond motifs is 1. The highest BCUT2D eigenvalue weighted by molar-refractivity contribution is 5.79. The predicted molar refractivity (Wildman–Crippen MR) is 70.0 cm³/mol. The predicted octanol–water partition coefficient (Wildman–Crippen LogP) is 0.811. The van der Waals surface area contributed by atoms with Crippen molar-refractivity contribution in [2.45, 2.75) is 25.3 Å². The first-order valence-electron chi connectivity index (χ1n) is 6.65. The lowest BCUT2D eigenvalue weighted by Crippen LogP contribution is -2.37. The molecule has 1 atom stereocenters. The molecule has 1 fully saturated rings. The number of hydrogen-bond donors (Lipinski definition) is 2. The Labute approximate surface area is 112 Å². The van der Waals surface area contributed by atoms with Crippen LogP contribution in [0.1, 0.15) is 18.4 Å². The molecule has 1 saturated carbocycles. The maximum Gasteiger partial charge on any atom is 0.231 e. The lowest BCUT2D eigenvalue weighted by Gasteiger charge is -2.15. The highest BCUT2D eigenvalue weighted by Crippen LogP contribution is 2.33. The Kier molecular flexibility index (Phi) is 3.29. The largest absolute Gasteiger partial charge is 0.454 e. The summed E-state index contributed by atoms with van der Waals surface area (Å²) in [6.07, 6.45) is 2.81. The molecular formula is C14H18N2O3. The number of nitrogens with one attached hydrogen (secondary N) is 1. The molecule has 19 heavy (non-hydrogen) atoms. The third-order valence-corrected chi connectivity index (χ3v) is 3.50. The van der Waals surface area contributed by atoms with E-state index in [9.17, 15) is 4.79 Å². The number of carbonyl (C=O) groups excluding carboxylic acids is 1. The Morgan fingerprint density at radius 1 is 1.37 bits per heavy atom. The lowest BCUT2D eigenvalue weighted by molar-refractivity contribution is -0.124. The number of amides is 1. The van der Waals surface area contributed by atoms with Gasteiger partial charge >= 0.3 is 0 Å². The van der Waals surface area contributed by atoms with E-state index in [-0.39, 0.29) is 18.6 Å². The van der Waals surface area contributed by atoms with Crippen molar-refractivity contribution in [3.63, 3.8) is 0 Å². The molecule has 1 aliphatic carbocycles. The maximum atomic E-state index is 12.0. The van der Waals surface area contributed by atoms with Gasteiger partial charge in [0.1, 0.15) is 0 Å². The van der Waals surface area contributed by atoms with Crippen molar-refractivity contribution >= 4 is 5.91 Å². The van der Waals surface area contributed by atoms with Crippen LogP contribution in [0.5, 0.6) is 11.5 Å². The molecule has 5 heteroatoms. The first-order valence-corrected chi connectivity index (χ1v) is 6.65. The number of carbonyl (C=O) groups is 1. The highest BCUT2D eigenvalue weighted by Gasteiger charge is 2.27. The van der Waals surface area contributed by atoms with Gasteiger partial charge in [-0.15, -0.1) is 0 Å². The SMILES string of the molecule is NCC(Cc1ccc2c(c1)OCO2)C(=O)NC1CC1. The van der Waals surface area contributed by atoms with Gasteiger partial charge in [-0.05, 0) is 37.0 Å². The molecular weight excluding hydrogens is 244 g/mol. The minimum absolute atomic E-state index is 0.0580. The first-order chi connectivity index (χ1) is 9.26. The van der Waals surface area contributed by atoms with Crippen LogP contribution in [-0.2, 0) is 11.2 Å². The molecule has 1 unspecified atom stereocenters. The standard InChI is InChI=1S/C14H18N2O3/c15-7-10(14(17)16-11-2-3-11)5-9-1-4-12-13(6-9)19-8-18-12/h1,4,6,10-11H,2-3,5,7-8,15H2,(H,16,17). The van der Waals surface area contributed by atoms with E-state index >= 15 is 0 Å². The second-order valence-electron chi connectivity index (χ2n) is 5.11. The van der Waals surface area contributed by atoms with Gasteiger partial charge in [-0.25, -0.2) is 0 Å². The van der Waals surface area contributed by atoms with Crippen LogP contribution in [0.15, 0.2) is 18.2 Å². The Bertz CT molecular complexity index is 486. The van der Waals surface area contributed by atoms with E-state index in [0.717, 1.165) is 29.9 Å². The molecule has 3 rings (SSSR count). The van der Waals surface area contributed by atoms with E-state index in [0.29, 0.717) is 19.0 Å². The molecule has 2 aliphatic rings. The Hall–Kier alpha value is -1.75. The van der Waals surface area contributed by atoms with E-state index < -0.39 is 0 Å².